The van der Waals surface area contributed by atoms with Gasteiger partial charge in [0.1, 0.15) is 18.2 Å². The monoisotopic (exact) mass is 306 g/mol. The molecule has 2 rings (SSSR count). The van der Waals surface area contributed by atoms with Gasteiger partial charge in [-0.3, -0.25) is 4.72 Å². The van der Waals surface area contributed by atoms with Crippen molar-refractivity contribution in [2.24, 2.45) is 7.05 Å². The number of aliphatic hydroxyl groups is 1. The largest absolute Gasteiger partial charge is 0.384 e. The van der Waals surface area contributed by atoms with Crippen LogP contribution in [0.3, 0.4) is 0 Å². The van der Waals surface area contributed by atoms with Crippen molar-refractivity contribution in [3.63, 3.8) is 0 Å². The molecule has 21 heavy (non-hydrogen) atoms. The second-order valence-electron chi connectivity index (χ2n) is 4.23. The summed E-state index contributed by atoms with van der Waals surface area (Å²) in [5.74, 6) is 5.89. The van der Waals surface area contributed by atoms with Gasteiger partial charge in [0, 0.05) is 25.0 Å². The molecular weight excluding hydrogens is 292 g/mol. The highest BCUT2D eigenvalue weighted by atomic mass is 32.2. The van der Waals surface area contributed by atoms with Gasteiger partial charge in [-0.15, -0.1) is 0 Å². The van der Waals surface area contributed by atoms with E-state index in [9.17, 15) is 8.42 Å². The molecule has 0 fully saturated rings. The maximum absolute atomic E-state index is 12.2. The van der Waals surface area contributed by atoms with Gasteiger partial charge in [-0.05, 0) is 19.1 Å². The van der Waals surface area contributed by atoms with Gasteiger partial charge in [0.2, 0.25) is 0 Å². The molecule has 0 radical (unpaired) electrons. The number of nitrogens with one attached hydrogen (secondary N) is 1. The third kappa shape index (κ3) is 3.59. The number of hydrogen-bond acceptors (Lipinski definition) is 5. The Morgan fingerprint density at radius 3 is 2.86 bits per heavy atom. The summed E-state index contributed by atoms with van der Waals surface area (Å²) in [6.07, 6.45) is 2.86. The first-order valence-electron chi connectivity index (χ1n) is 6.01. The van der Waals surface area contributed by atoms with Crippen molar-refractivity contribution in [2.75, 3.05) is 11.3 Å². The topological polar surface area (TPSA) is 97.1 Å². The first kappa shape index (κ1) is 15.0. The van der Waals surface area contributed by atoms with E-state index in [1.165, 1.54) is 18.5 Å². The Morgan fingerprint density at radius 2 is 2.24 bits per heavy atom. The molecule has 0 spiro atoms. The van der Waals surface area contributed by atoms with Gasteiger partial charge in [-0.1, -0.05) is 11.8 Å². The highest BCUT2D eigenvalue weighted by Gasteiger charge is 2.19. The molecule has 0 amide bonds. The van der Waals surface area contributed by atoms with E-state index >= 15 is 0 Å². The van der Waals surface area contributed by atoms with Crippen LogP contribution in [0, 0.1) is 18.8 Å². The molecule has 2 aromatic rings. The van der Waals surface area contributed by atoms with E-state index < -0.39 is 10.0 Å². The lowest BCUT2D eigenvalue weighted by molar-refractivity contribution is 0.350. The van der Waals surface area contributed by atoms with Crippen LogP contribution in [0.4, 0.5) is 5.82 Å². The lowest BCUT2D eigenvalue weighted by Gasteiger charge is -2.04. The third-order valence-corrected chi connectivity index (χ3v) is 3.90. The highest BCUT2D eigenvalue weighted by molar-refractivity contribution is 7.92. The number of imidazole rings is 1. The van der Waals surface area contributed by atoms with Crippen molar-refractivity contribution >= 4 is 15.8 Å². The van der Waals surface area contributed by atoms with Crippen LogP contribution in [0.5, 0.6) is 0 Å². The van der Waals surface area contributed by atoms with E-state index in [0.29, 0.717) is 11.4 Å². The SMILES string of the molecule is Cc1nc(S(=O)(=O)Nc2cc(C#CCO)ccn2)cn1C. The van der Waals surface area contributed by atoms with E-state index in [1.807, 2.05) is 0 Å². The molecule has 2 heterocycles. The van der Waals surface area contributed by atoms with Crippen LogP contribution in [0.1, 0.15) is 11.4 Å². The first-order valence-corrected chi connectivity index (χ1v) is 7.49. The van der Waals surface area contributed by atoms with Crippen LogP contribution in [0.2, 0.25) is 0 Å². The Kier molecular flexibility index (Phi) is 4.26. The summed E-state index contributed by atoms with van der Waals surface area (Å²) in [6, 6.07) is 3.10. The van der Waals surface area contributed by atoms with Crippen molar-refractivity contribution in [1.29, 1.82) is 0 Å². The Labute approximate surface area is 122 Å². The summed E-state index contributed by atoms with van der Waals surface area (Å²) in [7, 11) is -2.08. The standard InChI is InChI=1S/C13H14N4O3S/c1-10-15-13(9-17(10)2)21(19,20)16-12-8-11(4-3-7-18)5-6-14-12/h5-6,8-9,18H,7H2,1-2H3,(H,14,16). The second-order valence-corrected chi connectivity index (χ2v) is 5.86. The lowest BCUT2D eigenvalue weighted by Crippen LogP contribution is -2.14. The molecule has 0 bridgehead atoms. The Morgan fingerprint density at radius 1 is 1.48 bits per heavy atom. The van der Waals surface area contributed by atoms with Crippen LogP contribution in [-0.2, 0) is 17.1 Å². The number of pyridine rings is 1. The number of aryl methyl sites for hydroxylation is 2. The van der Waals surface area contributed by atoms with Crippen LogP contribution in [0.15, 0.2) is 29.6 Å². The zero-order valence-electron chi connectivity index (χ0n) is 11.5. The first-order chi connectivity index (χ1) is 9.92. The summed E-state index contributed by atoms with van der Waals surface area (Å²) < 4.78 is 28.3. The Balaban J connectivity index is 2.28. The minimum atomic E-state index is -3.79. The molecule has 0 aromatic carbocycles. The molecule has 0 saturated carbocycles. The highest BCUT2D eigenvalue weighted by Crippen LogP contribution is 2.14. The summed E-state index contributed by atoms with van der Waals surface area (Å²) in [5.41, 5.74) is 0.550. The van der Waals surface area contributed by atoms with Crippen LogP contribution < -0.4 is 4.72 Å². The fourth-order valence-corrected chi connectivity index (χ4v) is 2.59. The van der Waals surface area contributed by atoms with E-state index in [2.05, 4.69) is 26.5 Å². The molecule has 2 aromatic heterocycles. The molecule has 7 nitrogen and oxygen atoms in total. The van der Waals surface area contributed by atoms with Crippen molar-refractivity contribution < 1.29 is 13.5 Å². The maximum atomic E-state index is 12.2. The van der Waals surface area contributed by atoms with Crippen LogP contribution in [-0.4, -0.2) is 34.7 Å². The van der Waals surface area contributed by atoms with E-state index in [1.54, 1.807) is 24.6 Å². The molecule has 2 N–H and O–H groups in total. The maximum Gasteiger partial charge on any atom is 0.282 e. The fourth-order valence-electron chi connectivity index (χ4n) is 1.55. The number of hydrogen-bond donors (Lipinski definition) is 2. The normalized spacial score (nSPS) is 10.8. The molecule has 110 valence electrons. The fraction of sp³-hybridized carbons (Fsp3) is 0.231. The summed E-state index contributed by atoms with van der Waals surface area (Å²) >= 11 is 0. The zero-order valence-corrected chi connectivity index (χ0v) is 12.3. The van der Waals surface area contributed by atoms with E-state index in [0.717, 1.165) is 0 Å². The molecular formula is C13H14N4O3S. The molecule has 0 atom stereocenters. The average Bonchev–Trinajstić information content (AvgIpc) is 2.77. The smallest absolute Gasteiger partial charge is 0.282 e. The number of aliphatic hydroxyl groups excluding tert-OH is 1. The molecule has 0 aliphatic carbocycles. The minimum absolute atomic E-state index is 0.0730. The van der Waals surface area contributed by atoms with E-state index in [-0.39, 0.29) is 17.5 Å². The molecule has 0 saturated heterocycles. The van der Waals surface area contributed by atoms with Gasteiger partial charge in [0.05, 0.1) is 0 Å². The minimum Gasteiger partial charge on any atom is -0.384 e. The number of anilines is 1. The van der Waals surface area contributed by atoms with Gasteiger partial charge in [0.25, 0.3) is 10.0 Å². The summed E-state index contributed by atoms with van der Waals surface area (Å²) in [5, 5.41) is 8.58. The van der Waals surface area contributed by atoms with E-state index in [4.69, 9.17) is 5.11 Å². The molecule has 0 aliphatic rings. The Bertz CT molecular complexity index is 796. The van der Waals surface area contributed by atoms with Gasteiger partial charge in [-0.2, -0.15) is 8.42 Å². The van der Waals surface area contributed by atoms with Gasteiger partial charge >= 0.3 is 0 Å². The van der Waals surface area contributed by atoms with Crippen molar-refractivity contribution in [3.05, 3.63) is 35.9 Å². The number of rotatable bonds is 3. The quantitative estimate of drug-likeness (QED) is 0.793. The van der Waals surface area contributed by atoms with Gasteiger partial charge in [-0.25, -0.2) is 9.97 Å². The van der Waals surface area contributed by atoms with Crippen molar-refractivity contribution in [2.45, 2.75) is 11.9 Å². The van der Waals surface area contributed by atoms with Crippen LogP contribution in [0.25, 0.3) is 0 Å². The summed E-state index contributed by atoms with van der Waals surface area (Å²) in [4.78, 5) is 7.91. The Hall–Kier alpha value is -2.37. The molecule has 8 heteroatoms. The predicted octanol–water partition coefficient (Wildman–Crippen LogP) is 0.268. The van der Waals surface area contributed by atoms with Crippen LogP contribution >= 0.6 is 0 Å². The third-order valence-electron chi connectivity index (χ3n) is 2.67. The number of aromatic nitrogens is 3. The zero-order chi connectivity index (χ0) is 15.5. The van der Waals surface area contributed by atoms with Crippen molar-refractivity contribution in [1.82, 2.24) is 14.5 Å². The van der Waals surface area contributed by atoms with Gasteiger partial charge in [0.15, 0.2) is 5.03 Å². The number of nitrogens with zero attached hydrogens (tertiary/aromatic N) is 3. The number of sulfonamides is 1. The van der Waals surface area contributed by atoms with Crippen molar-refractivity contribution in [3.8, 4) is 11.8 Å². The molecule has 0 aliphatic heterocycles. The second kappa shape index (κ2) is 5.95. The van der Waals surface area contributed by atoms with Gasteiger partial charge < -0.3 is 9.67 Å². The summed E-state index contributed by atoms with van der Waals surface area (Å²) in [6.45, 7) is 1.44. The lowest BCUT2D eigenvalue weighted by atomic mass is 10.2. The molecule has 0 unspecified atom stereocenters. The average molecular weight is 306 g/mol. The predicted molar refractivity (Wildman–Crippen MR) is 77.0 cm³/mol.